The Hall–Kier alpha value is -4.35. The Morgan fingerprint density at radius 1 is 0.814 bits per heavy atom. The van der Waals surface area contributed by atoms with E-state index in [0.29, 0.717) is 22.5 Å². The fraction of sp³-hybridized carbons (Fsp3) is 0.125. The van der Waals surface area contributed by atoms with Gasteiger partial charge in [-0.2, -0.15) is 12.8 Å². The zero-order valence-corrected chi connectivity index (χ0v) is 39.6. The van der Waals surface area contributed by atoms with Gasteiger partial charge in [-0.25, -0.2) is 19.8 Å². The second-order valence-corrected chi connectivity index (χ2v) is 15.7. The van der Waals surface area contributed by atoms with Gasteiger partial charge in [0.15, 0.2) is 15.3 Å². The van der Waals surface area contributed by atoms with E-state index in [9.17, 15) is 18.0 Å². The molecule has 0 aliphatic heterocycles. The van der Waals surface area contributed by atoms with E-state index in [2.05, 4.69) is 96.6 Å². The van der Waals surface area contributed by atoms with Crippen molar-refractivity contribution in [2.75, 3.05) is 20.5 Å². The molecule has 0 N–H and O–H groups in total. The monoisotopic (exact) mass is 917 g/mol. The Balaban J connectivity index is 0.000000425. The molecule has 6 rings (SSSR count). The van der Waals surface area contributed by atoms with Crippen LogP contribution in [0.5, 0.6) is 0 Å². The number of carbonyl (C=O) groups excluding carboxylic acids is 2. The zero-order valence-electron chi connectivity index (χ0n) is 32.7. The number of carbonyl (C=O) groups is 2. The molecule has 0 fully saturated rings. The van der Waals surface area contributed by atoms with Crippen molar-refractivity contribution < 1.29 is 61.3 Å². The van der Waals surface area contributed by atoms with Gasteiger partial charge in [0.2, 0.25) is 0 Å². The summed E-state index contributed by atoms with van der Waals surface area (Å²) in [6.45, 7) is 4.13. The Morgan fingerprint density at radius 3 is 1.68 bits per heavy atom. The van der Waals surface area contributed by atoms with Crippen LogP contribution in [0.4, 0.5) is 0 Å². The van der Waals surface area contributed by atoms with Crippen LogP contribution in [0.3, 0.4) is 0 Å². The number of aryl methyl sites for hydroxylation is 2. The van der Waals surface area contributed by atoms with Gasteiger partial charge in [0.05, 0.1) is 31.6 Å². The summed E-state index contributed by atoms with van der Waals surface area (Å²) < 4.78 is 40.1. The molecule has 0 aliphatic rings. The summed E-state index contributed by atoms with van der Waals surface area (Å²) in [5.74, 6) is -0.165. The van der Waals surface area contributed by atoms with Crippen molar-refractivity contribution >= 4 is 87.4 Å². The van der Waals surface area contributed by atoms with Gasteiger partial charge in [-0.1, -0.05) is 99.6 Å². The average molecular weight is 919 g/mol. The van der Waals surface area contributed by atoms with Crippen LogP contribution in [0, 0.1) is 24.5 Å². The minimum atomic E-state index is -3.70. The molecule has 4 aromatic carbocycles. The maximum atomic E-state index is 11.4. The number of aromatic nitrogens is 3. The molecule has 0 saturated heterocycles. The predicted octanol–water partition coefficient (Wildman–Crippen LogP) is 6.18. The SMILES string of the molecule is COC(=O)c1ccc(-c2nsc(Sc3ccc(C)cc3)n2)cc1.COC(=O)c1ccc(/C(Cl)=N\OS(C)(=O)=O)cc1.Cc1ccc(S)cc1.N#C[S-].[Na+].c1ccncc1. The Morgan fingerprint density at radius 2 is 1.27 bits per heavy atom. The topological polar surface area (TPSA) is 171 Å². The first-order chi connectivity index (χ1) is 27.7. The van der Waals surface area contributed by atoms with Crippen molar-refractivity contribution in [2.24, 2.45) is 5.16 Å². The van der Waals surface area contributed by atoms with Crippen molar-refractivity contribution in [2.45, 2.75) is 28.0 Å². The summed E-state index contributed by atoms with van der Waals surface area (Å²) in [5.41, 5.74) is 4.66. The van der Waals surface area contributed by atoms with Crippen molar-refractivity contribution in [3.8, 4) is 16.8 Å². The van der Waals surface area contributed by atoms with Gasteiger partial charge in [0, 0.05) is 33.3 Å². The van der Waals surface area contributed by atoms with Crippen LogP contribution in [0.2, 0.25) is 0 Å². The summed E-state index contributed by atoms with van der Waals surface area (Å²) in [7, 11) is -1.06. The van der Waals surface area contributed by atoms with Crippen LogP contribution >= 0.6 is 47.5 Å². The normalized spacial score (nSPS) is 9.97. The molecule has 2 aromatic heterocycles. The summed E-state index contributed by atoms with van der Waals surface area (Å²) in [6, 6.07) is 35.1. The number of hydrogen-bond acceptors (Lipinski definition) is 16. The number of esters is 2. The number of benzene rings is 4. The van der Waals surface area contributed by atoms with Crippen molar-refractivity contribution in [1.82, 2.24) is 14.3 Å². The number of nitrogens with zero attached hydrogens (tertiary/aromatic N) is 5. The van der Waals surface area contributed by atoms with Crippen LogP contribution in [-0.4, -0.2) is 60.3 Å². The largest absolute Gasteiger partial charge is 1.00 e. The molecule has 2 heterocycles. The van der Waals surface area contributed by atoms with E-state index in [-0.39, 0.29) is 40.7 Å². The number of ether oxygens (including phenoxy) is 2. The third kappa shape index (κ3) is 22.0. The van der Waals surface area contributed by atoms with Crippen molar-refractivity contribution in [3.63, 3.8) is 0 Å². The molecule has 0 bridgehead atoms. The van der Waals surface area contributed by atoms with E-state index < -0.39 is 16.1 Å². The van der Waals surface area contributed by atoms with Crippen molar-refractivity contribution in [3.05, 3.63) is 155 Å². The van der Waals surface area contributed by atoms with Gasteiger partial charge >= 0.3 is 51.6 Å². The summed E-state index contributed by atoms with van der Waals surface area (Å²) >= 11 is 16.5. The third-order valence-corrected chi connectivity index (χ3v) is 9.28. The number of rotatable bonds is 8. The van der Waals surface area contributed by atoms with Gasteiger partial charge in [-0.3, -0.25) is 9.27 Å². The third-order valence-electron chi connectivity index (χ3n) is 6.60. The molecule has 0 amide bonds. The summed E-state index contributed by atoms with van der Waals surface area (Å²) in [6.07, 6.45) is 4.35. The molecule has 0 radical (unpaired) electrons. The average Bonchev–Trinajstić information content (AvgIpc) is 3.71. The van der Waals surface area contributed by atoms with E-state index in [0.717, 1.165) is 25.9 Å². The molecular weight excluding hydrogens is 881 g/mol. The molecule has 0 spiro atoms. The Kier molecular flexibility index (Phi) is 25.9. The van der Waals surface area contributed by atoms with Gasteiger partial charge < -0.3 is 22.1 Å². The van der Waals surface area contributed by atoms with Gasteiger partial charge in [-0.05, 0) is 86.0 Å². The van der Waals surface area contributed by atoms with E-state index in [1.807, 2.05) is 54.6 Å². The van der Waals surface area contributed by atoms with E-state index >= 15 is 0 Å². The fourth-order valence-corrected chi connectivity index (χ4v) is 5.97. The minimum absolute atomic E-state index is 0. The summed E-state index contributed by atoms with van der Waals surface area (Å²) in [4.78, 5) is 33.1. The number of methoxy groups -OCH3 is 2. The zero-order chi connectivity index (χ0) is 42.9. The smallest absolute Gasteiger partial charge is 0.696 e. The van der Waals surface area contributed by atoms with Crippen molar-refractivity contribution in [1.29, 1.82) is 5.26 Å². The first kappa shape index (κ1) is 52.7. The molecule has 0 atom stereocenters. The van der Waals surface area contributed by atoms with Crippen LogP contribution in [0.15, 0.2) is 147 Å². The molecular formula is C40H37ClN5NaO7S5. The molecule has 302 valence electrons. The Bertz CT molecular complexity index is 2280. The van der Waals surface area contributed by atoms with Crippen LogP contribution in [0.1, 0.15) is 37.4 Å². The molecule has 19 heteroatoms. The molecule has 0 aliphatic carbocycles. The first-order valence-electron chi connectivity index (χ1n) is 16.4. The van der Waals surface area contributed by atoms with Gasteiger partial charge in [0.25, 0.3) is 0 Å². The maximum absolute atomic E-state index is 11.4. The molecule has 0 unspecified atom stereocenters. The minimum Gasteiger partial charge on any atom is -0.696 e. The summed E-state index contributed by atoms with van der Waals surface area (Å²) in [5, 5.41) is 11.6. The number of hydrogen-bond donors (Lipinski definition) is 1. The molecule has 12 nitrogen and oxygen atoms in total. The first-order valence-corrected chi connectivity index (χ1v) is 21.0. The number of thiol groups is 1. The standard InChI is InChI=1S/C17H14N2O2S2.C10H10ClNO5S.C7H8S.C5H5N.CHNS.Na/c1-11-3-9-14(10-4-11)22-17-18-15(19-23-17)12-5-7-13(8-6-12)16(20)21-2;1-16-10(13)8-5-3-7(4-6-8)9(11)12-17-18(2,14)15;1-6-2-4-7(8)5-3-6;1-2-4-6-5-3-1;2-1-3;/h3-10H,1-2H3;3-6H,1-2H3;2-5,8H,1H3;1-5H;3H;/q;;;;;+1/p-1/b;12-9+;;;;. The molecule has 59 heavy (non-hydrogen) atoms. The Labute approximate surface area is 390 Å². The number of pyridine rings is 1. The number of oxime groups is 1. The second-order valence-electron chi connectivity index (χ2n) is 11.0. The molecule has 0 saturated carbocycles. The van der Waals surface area contributed by atoms with Crippen LogP contribution in [-0.2, 0) is 36.5 Å². The quantitative estimate of drug-likeness (QED) is 0.0350. The van der Waals surface area contributed by atoms with Crippen LogP contribution in [0.25, 0.3) is 11.4 Å². The van der Waals surface area contributed by atoms with E-state index in [1.54, 1.807) is 36.3 Å². The fourth-order valence-electron chi connectivity index (χ4n) is 3.82. The predicted molar refractivity (Wildman–Crippen MR) is 234 cm³/mol. The second kappa shape index (κ2) is 29.0. The van der Waals surface area contributed by atoms with E-state index in [4.69, 9.17) is 16.9 Å². The molecule has 6 aromatic rings. The maximum Gasteiger partial charge on any atom is 1.00 e. The number of halogens is 1. The van der Waals surface area contributed by atoms with Gasteiger partial charge in [-0.15, -0.1) is 12.6 Å². The van der Waals surface area contributed by atoms with E-state index in [1.165, 1.54) is 66.5 Å². The van der Waals surface area contributed by atoms with Crippen LogP contribution < -0.4 is 29.6 Å². The number of nitriles is 1. The van der Waals surface area contributed by atoms with Gasteiger partial charge in [0.1, 0.15) is 0 Å². The number of thiocyanates is 1.